The second-order valence-electron chi connectivity index (χ2n) is 7.58. The van der Waals surface area contributed by atoms with Gasteiger partial charge in [-0.1, -0.05) is 12.1 Å². The predicted octanol–water partition coefficient (Wildman–Crippen LogP) is 4.56. The molecule has 3 aromatic rings. The Bertz CT molecular complexity index is 1070. The van der Waals surface area contributed by atoms with Gasteiger partial charge in [0.25, 0.3) is 5.56 Å². The highest BCUT2D eigenvalue weighted by Gasteiger charge is 2.14. The Balaban J connectivity index is 1.81. The van der Waals surface area contributed by atoms with Gasteiger partial charge in [0.05, 0.1) is 5.60 Å². The Labute approximate surface area is 173 Å². The molecule has 0 saturated heterocycles. The van der Waals surface area contributed by atoms with Crippen molar-refractivity contribution in [3.05, 3.63) is 76.7 Å². The van der Waals surface area contributed by atoms with E-state index < -0.39 is 12.2 Å². The van der Waals surface area contributed by atoms with Crippen LogP contribution in [0, 0.1) is 6.92 Å². The number of benzene rings is 2. The summed E-state index contributed by atoms with van der Waals surface area (Å²) < 4.78 is 36.0. The molecule has 0 spiro atoms. The Hall–Kier alpha value is -3.19. The van der Waals surface area contributed by atoms with Crippen molar-refractivity contribution in [2.24, 2.45) is 0 Å². The molecule has 0 amide bonds. The van der Waals surface area contributed by atoms with Crippen LogP contribution in [0.5, 0.6) is 11.5 Å². The summed E-state index contributed by atoms with van der Waals surface area (Å²) in [5.41, 5.74) is 1.73. The lowest BCUT2D eigenvalue weighted by atomic mass is 10.1. The summed E-state index contributed by atoms with van der Waals surface area (Å²) in [5, 5.41) is 9.80. The van der Waals surface area contributed by atoms with Crippen LogP contribution in [0.25, 0.3) is 16.8 Å². The summed E-state index contributed by atoms with van der Waals surface area (Å²) >= 11 is 0. The molecule has 1 heterocycles. The van der Waals surface area contributed by atoms with Crippen molar-refractivity contribution in [3.8, 4) is 28.3 Å². The number of hydrogen-bond donors (Lipinski definition) is 1. The summed E-state index contributed by atoms with van der Waals surface area (Å²) in [6.45, 7) is 2.47. The van der Waals surface area contributed by atoms with E-state index in [9.17, 15) is 18.7 Å². The van der Waals surface area contributed by atoms with Crippen molar-refractivity contribution in [3.63, 3.8) is 0 Å². The fraction of sp³-hybridized carbons (Fsp3) is 0.261. The lowest BCUT2D eigenvalue weighted by Gasteiger charge is -2.19. The van der Waals surface area contributed by atoms with Crippen molar-refractivity contribution in [2.45, 2.75) is 33.0 Å². The van der Waals surface area contributed by atoms with Gasteiger partial charge in [-0.3, -0.25) is 9.36 Å². The van der Waals surface area contributed by atoms with Crippen molar-refractivity contribution in [1.82, 2.24) is 4.57 Å². The number of ether oxygens (including phenoxy) is 2. The zero-order valence-corrected chi connectivity index (χ0v) is 16.9. The van der Waals surface area contributed by atoms with Crippen LogP contribution in [-0.4, -0.2) is 28.5 Å². The number of aryl methyl sites for hydroxylation is 1. The highest BCUT2D eigenvalue weighted by atomic mass is 19.3. The van der Waals surface area contributed by atoms with Gasteiger partial charge in [0.15, 0.2) is 0 Å². The number of halogens is 2. The number of aromatic nitrogens is 1. The van der Waals surface area contributed by atoms with Gasteiger partial charge in [-0.15, -0.1) is 0 Å². The maximum atomic E-state index is 12.7. The molecule has 0 fully saturated rings. The van der Waals surface area contributed by atoms with E-state index in [-0.39, 0.29) is 17.9 Å². The number of nitrogens with zero attached hydrogens (tertiary/aromatic N) is 1. The van der Waals surface area contributed by atoms with Crippen LogP contribution in [0.1, 0.15) is 19.4 Å². The zero-order valence-electron chi connectivity index (χ0n) is 16.9. The van der Waals surface area contributed by atoms with Gasteiger partial charge < -0.3 is 14.6 Å². The monoisotopic (exact) mass is 415 g/mol. The predicted molar refractivity (Wildman–Crippen MR) is 111 cm³/mol. The normalized spacial score (nSPS) is 11.6. The van der Waals surface area contributed by atoms with E-state index in [1.165, 1.54) is 22.8 Å². The number of rotatable bonds is 7. The smallest absolute Gasteiger partial charge is 0.387 e. The minimum absolute atomic E-state index is 0.0597. The third-order valence-electron chi connectivity index (χ3n) is 4.35. The van der Waals surface area contributed by atoms with E-state index in [1.807, 2.05) is 13.0 Å². The molecule has 0 radical (unpaired) electrons. The third kappa shape index (κ3) is 5.45. The van der Waals surface area contributed by atoms with Gasteiger partial charge in [0, 0.05) is 18.0 Å². The van der Waals surface area contributed by atoms with Crippen LogP contribution in [0.3, 0.4) is 0 Å². The number of aliphatic hydroxyl groups is 1. The molecule has 30 heavy (non-hydrogen) atoms. The van der Waals surface area contributed by atoms with Crippen molar-refractivity contribution >= 4 is 0 Å². The summed E-state index contributed by atoms with van der Waals surface area (Å²) in [7, 11) is 0. The van der Waals surface area contributed by atoms with Crippen LogP contribution in [0.15, 0.2) is 65.6 Å². The SMILES string of the molecule is Cc1cc(-n2ccc(-c3ccc(OC(F)F)cc3)cc2=O)ccc1OCC(C)(C)O. The largest absolute Gasteiger partial charge is 0.490 e. The Morgan fingerprint density at radius 2 is 1.73 bits per heavy atom. The van der Waals surface area contributed by atoms with Gasteiger partial charge in [-0.25, -0.2) is 0 Å². The van der Waals surface area contributed by atoms with Gasteiger partial charge in [-0.05, 0) is 73.9 Å². The Morgan fingerprint density at radius 3 is 2.30 bits per heavy atom. The molecule has 0 aliphatic carbocycles. The molecule has 0 bridgehead atoms. The molecule has 3 rings (SSSR count). The van der Waals surface area contributed by atoms with Gasteiger partial charge in [-0.2, -0.15) is 8.78 Å². The third-order valence-corrected chi connectivity index (χ3v) is 4.35. The van der Waals surface area contributed by atoms with Crippen molar-refractivity contribution in [2.75, 3.05) is 6.61 Å². The molecule has 0 aliphatic heterocycles. The Morgan fingerprint density at radius 1 is 1.03 bits per heavy atom. The quantitative estimate of drug-likeness (QED) is 0.614. The van der Waals surface area contributed by atoms with E-state index in [2.05, 4.69) is 4.74 Å². The number of alkyl halides is 2. The summed E-state index contributed by atoms with van der Waals surface area (Å²) in [5.74, 6) is 0.695. The van der Waals surface area contributed by atoms with Crippen LogP contribution in [-0.2, 0) is 0 Å². The molecular formula is C23H23F2NO4. The summed E-state index contributed by atoms with van der Waals surface area (Å²) in [4.78, 5) is 12.7. The van der Waals surface area contributed by atoms with Crippen molar-refractivity contribution in [1.29, 1.82) is 0 Å². The summed E-state index contributed by atoms with van der Waals surface area (Å²) in [6, 6.07) is 14.7. The number of hydrogen-bond acceptors (Lipinski definition) is 4. The highest BCUT2D eigenvalue weighted by molar-refractivity contribution is 5.63. The van der Waals surface area contributed by atoms with Crippen LogP contribution >= 0.6 is 0 Å². The fourth-order valence-corrected chi connectivity index (χ4v) is 2.90. The molecule has 0 saturated carbocycles. The minimum atomic E-state index is -2.88. The Kier molecular flexibility index (Phi) is 6.22. The van der Waals surface area contributed by atoms with Gasteiger partial charge in [0.1, 0.15) is 18.1 Å². The molecule has 0 unspecified atom stereocenters. The standard InChI is InChI=1S/C23H23F2NO4/c1-15-12-18(6-9-20(15)29-14-23(2,3)28)26-11-10-17(13-21(26)27)16-4-7-19(8-5-16)30-22(24)25/h4-13,22,28H,14H2,1-3H3. The highest BCUT2D eigenvalue weighted by Crippen LogP contribution is 2.24. The maximum Gasteiger partial charge on any atom is 0.387 e. The lowest BCUT2D eigenvalue weighted by Crippen LogP contribution is -2.28. The first-order chi connectivity index (χ1) is 14.1. The van der Waals surface area contributed by atoms with Crippen LogP contribution < -0.4 is 15.0 Å². The number of pyridine rings is 1. The fourth-order valence-electron chi connectivity index (χ4n) is 2.90. The molecule has 2 aromatic carbocycles. The van der Waals surface area contributed by atoms with E-state index in [0.717, 1.165) is 5.56 Å². The van der Waals surface area contributed by atoms with Gasteiger partial charge in [0.2, 0.25) is 0 Å². The average molecular weight is 415 g/mol. The molecule has 5 nitrogen and oxygen atoms in total. The molecule has 7 heteroatoms. The first-order valence-corrected chi connectivity index (χ1v) is 9.36. The van der Waals surface area contributed by atoms with Crippen molar-refractivity contribution < 1.29 is 23.4 Å². The first kappa shape index (κ1) is 21.5. The lowest BCUT2D eigenvalue weighted by molar-refractivity contribution is -0.0498. The second-order valence-corrected chi connectivity index (χ2v) is 7.58. The van der Waals surface area contributed by atoms with E-state index in [0.29, 0.717) is 22.6 Å². The van der Waals surface area contributed by atoms with Crippen LogP contribution in [0.4, 0.5) is 8.78 Å². The minimum Gasteiger partial charge on any atom is -0.490 e. The van der Waals surface area contributed by atoms with Gasteiger partial charge >= 0.3 is 6.61 Å². The topological polar surface area (TPSA) is 60.7 Å². The molecule has 0 aliphatic rings. The average Bonchev–Trinajstić information content (AvgIpc) is 2.66. The molecule has 1 N–H and O–H groups in total. The van der Waals surface area contributed by atoms with E-state index in [4.69, 9.17) is 4.74 Å². The van der Waals surface area contributed by atoms with Crippen LogP contribution in [0.2, 0.25) is 0 Å². The van der Waals surface area contributed by atoms with E-state index >= 15 is 0 Å². The molecular weight excluding hydrogens is 392 g/mol. The zero-order chi connectivity index (χ0) is 21.9. The second kappa shape index (κ2) is 8.67. The summed E-state index contributed by atoms with van der Waals surface area (Å²) in [6.07, 6.45) is 1.66. The first-order valence-electron chi connectivity index (χ1n) is 9.36. The van der Waals surface area contributed by atoms with E-state index in [1.54, 1.807) is 50.4 Å². The molecule has 1 aromatic heterocycles. The maximum absolute atomic E-state index is 12.7. The molecule has 0 atom stereocenters. The molecule has 158 valence electrons.